The number of nitrogens with zero attached hydrogens (tertiary/aromatic N) is 3. The van der Waals surface area contributed by atoms with Crippen molar-refractivity contribution in [2.45, 2.75) is 50.7 Å². The number of nitrogens with one attached hydrogen (secondary N) is 2. The Morgan fingerprint density at radius 2 is 1.94 bits per heavy atom. The normalized spacial score (nSPS) is 16.9. The van der Waals surface area contributed by atoms with Gasteiger partial charge in [-0.25, -0.2) is 23.2 Å². The molecule has 1 atom stereocenters. The Balaban J connectivity index is 2.03. The van der Waals surface area contributed by atoms with Crippen LogP contribution >= 0.6 is 0 Å². The third-order valence-electron chi connectivity index (χ3n) is 6.12. The number of benzene rings is 1. The smallest absolute Gasteiger partial charge is 0.319 e. The third-order valence-corrected chi connectivity index (χ3v) is 8.99. The van der Waals surface area contributed by atoms with Gasteiger partial charge in [-0.05, 0) is 58.9 Å². The summed E-state index contributed by atoms with van der Waals surface area (Å²) in [5.41, 5.74) is 1.67. The number of aliphatic hydroxyl groups excluding tert-OH is 1. The van der Waals surface area contributed by atoms with E-state index in [1.165, 1.54) is 0 Å². The van der Waals surface area contributed by atoms with Crippen molar-refractivity contribution in [3.63, 3.8) is 0 Å². The van der Waals surface area contributed by atoms with Gasteiger partial charge in [-0.3, -0.25) is 0 Å². The molecule has 2 aromatic rings. The molecule has 0 bridgehead atoms. The summed E-state index contributed by atoms with van der Waals surface area (Å²) in [7, 11) is -3.52. The average Bonchev–Trinajstić information content (AvgIpc) is 2.83. The minimum absolute atomic E-state index is 0.0770. The number of urea groups is 1. The topological polar surface area (TPSA) is 134 Å². The molecule has 1 aromatic heterocycles. The van der Waals surface area contributed by atoms with Crippen molar-refractivity contribution in [3.8, 4) is 11.4 Å². The lowest BCUT2D eigenvalue weighted by Crippen LogP contribution is -2.44. The quantitative estimate of drug-likeness (QED) is 0.498. The second-order valence-corrected chi connectivity index (χ2v) is 12.4. The predicted molar refractivity (Wildman–Crippen MR) is 136 cm³/mol. The van der Waals surface area contributed by atoms with E-state index in [-0.39, 0.29) is 19.2 Å². The molecular weight excluding hydrogens is 470 g/mol. The lowest BCUT2D eigenvalue weighted by Gasteiger charge is -2.35. The van der Waals surface area contributed by atoms with E-state index in [2.05, 4.69) is 15.5 Å². The maximum Gasteiger partial charge on any atom is 0.319 e. The molecule has 1 aliphatic rings. The summed E-state index contributed by atoms with van der Waals surface area (Å²) in [6, 6.07) is 8.41. The Bertz CT molecular complexity index is 1140. The van der Waals surface area contributed by atoms with Crippen molar-refractivity contribution in [1.29, 1.82) is 0 Å². The first-order valence-corrected chi connectivity index (χ1v) is 13.3. The maximum absolute atomic E-state index is 13.2. The van der Waals surface area contributed by atoms with Gasteiger partial charge in [0.25, 0.3) is 0 Å². The van der Waals surface area contributed by atoms with E-state index in [9.17, 15) is 13.2 Å². The van der Waals surface area contributed by atoms with Gasteiger partial charge >= 0.3 is 6.03 Å². The number of anilines is 2. The summed E-state index contributed by atoms with van der Waals surface area (Å²) in [5.74, 6) is 1.05. The van der Waals surface area contributed by atoms with Crippen molar-refractivity contribution in [2.75, 3.05) is 43.1 Å². The molecule has 0 radical (unpaired) electrons. The van der Waals surface area contributed by atoms with Crippen molar-refractivity contribution < 1.29 is 23.1 Å². The average molecular weight is 506 g/mol. The van der Waals surface area contributed by atoms with Gasteiger partial charge in [0.2, 0.25) is 0 Å². The second kappa shape index (κ2) is 10.9. The molecule has 192 valence electrons. The van der Waals surface area contributed by atoms with Crippen molar-refractivity contribution in [2.24, 2.45) is 0 Å². The molecule has 0 aliphatic carbocycles. The Morgan fingerprint density at radius 3 is 2.54 bits per heavy atom. The molecule has 35 heavy (non-hydrogen) atoms. The highest BCUT2D eigenvalue weighted by molar-refractivity contribution is 7.92. The summed E-state index contributed by atoms with van der Waals surface area (Å²) in [6.45, 7) is 10.5. The number of carbonyl (C=O) groups is 1. The molecule has 2 amide bonds. The van der Waals surface area contributed by atoms with E-state index in [4.69, 9.17) is 19.8 Å². The fourth-order valence-electron chi connectivity index (χ4n) is 3.87. The SMILES string of the molecule is CC(C)S(=O)(=O)C(C)(C)c1cc(N2CCOC[C@@H]2C)nc(-c2ccc(NC(=O)NCCO)cc2)n1. The molecule has 3 rings (SSSR count). The van der Waals surface area contributed by atoms with Gasteiger partial charge in [0.1, 0.15) is 10.6 Å². The number of rotatable bonds is 8. The first-order valence-electron chi connectivity index (χ1n) is 11.7. The van der Waals surface area contributed by atoms with Crippen molar-refractivity contribution >= 4 is 27.4 Å². The first-order chi connectivity index (χ1) is 16.5. The van der Waals surface area contributed by atoms with Crippen LogP contribution in [0, 0.1) is 0 Å². The maximum atomic E-state index is 13.2. The Morgan fingerprint density at radius 1 is 1.26 bits per heavy atom. The number of hydrogen-bond acceptors (Lipinski definition) is 8. The van der Waals surface area contributed by atoms with E-state index in [1.807, 2.05) is 6.92 Å². The van der Waals surface area contributed by atoms with Gasteiger partial charge in [0.15, 0.2) is 15.7 Å². The number of amides is 2. The van der Waals surface area contributed by atoms with Crippen LogP contribution < -0.4 is 15.5 Å². The number of ether oxygens (including phenoxy) is 1. The highest BCUT2D eigenvalue weighted by atomic mass is 32.2. The Labute approximate surface area is 207 Å². The summed E-state index contributed by atoms with van der Waals surface area (Å²) in [4.78, 5) is 23.4. The number of sulfone groups is 1. The monoisotopic (exact) mass is 505 g/mol. The number of aromatic nitrogens is 2. The number of aliphatic hydroxyl groups is 1. The highest BCUT2D eigenvalue weighted by Gasteiger charge is 2.40. The zero-order valence-electron chi connectivity index (χ0n) is 20.9. The van der Waals surface area contributed by atoms with Crippen molar-refractivity contribution in [3.05, 3.63) is 36.0 Å². The van der Waals surface area contributed by atoms with E-state index in [0.717, 1.165) is 0 Å². The molecular formula is C24H35N5O5S. The van der Waals surface area contributed by atoms with Crippen LogP contribution in [-0.4, -0.2) is 73.7 Å². The van der Waals surface area contributed by atoms with Gasteiger partial charge < -0.3 is 25.4 Å². The molecule has 0 unspecified atom stereocenters. The fourth-order valence-corrected chi connectivity index (χ4v) is 5.44. The number of carbonyl (C=O) groups excluding carboxylic acids is 1. The van der Waals surface area contributed by atoms with Crippen LogP contribution in [-0.2, 0) is 19.3 Å². The standard InChI is InChI=1S/C24H35N5O5S/c1-16(2)35(32,33)24(4,5)20-14-21(29-11-13-34-15-17(29)3)28-22(27-20)18-6-8-19(9-7-18)26-23(31)25-10-12-30/h6-9,14,16-17,30H,10-13,15H2,1-5H3,(H2,25,26,31)/t17-/m0/s1. The van der Waals surface area contributed by atoms with Crippen LogP contribution in [0.5, 0.6) is 0 Å². The molecule has 1 aliphatic heterocycles. The number of morpholine rings is 1. The van der Waals surface area contributed by atoms with Gasteiger partial charge in [-0.1, -0.05) is 0 Å². The Kier molecular flexibility index (Phi) is 8.34. The first kappa shape index (κ1) is 26.8. The molecule has 2 heterocycles. The summed E-state index contributed by atoms with van der Waals surface area (Å²) in [6.07, 6.45) is 0. The molecule has 1 fully saturated rings. The van der Waals surface area contributed by atoms with Crippen LogP contribution in [0.25, 0.3) is 11.4 Å². The molecule has 1 saturated heterocycles. The molecule has 11 heteroatoms. The molecule has 0 saturated carbocycles. The van der Waals surface area contributed by atoms with Crippen molar-refractivity contribution in [1.82, 2.24) is 15.3 Å². The van der Waals surface area contributed by atoms with E-state index in [1.54, 1.807) is 58.0 Å². The predicted octanol–water partition coefficient (Wildman–Crippen LogP) is 2.54. The fraction of sp³-hybridized carbons (Fsp3) is 0.542. The van der Waals surface area contributed by atoms with E-state index in [0.29, 0.717) is 48.3 Å². The molecule has 3 N–H and O–H groups in total. The lowest BCUT2D eigenvalue weighted by molar-refractivity contribution is 0.0985. The lowest BCUT2D eigenvalue weighted by atomic mass is 10.1. The van der Waals surface area contributed by atoms with Gasteiger partial charge in [0, 0.05) is 30.4 Å². The van der Waals surface area contributed by atoms with Crippen LogP contribution in [0.3, 0.4) is 0 Å². The van der Waals surface area contributed by atoms with Crippen LogP contribution in [0.4, 0.5) is 16.3 Å². The molecule has 1 aromatic carbocycles. The zero-order valence-corrected chi connectivity index (χ0v) is 21.7. The minimum atomic E-state index is -3.52. The summed E-state index contributed by atoms with van der Waals surface area (Å²) >= 11 is 0. The van der Waals surface area contributed by atoms with Gasteiger partial charge in [-0.15, -0.1) is 0 Å². The summed E-state index contributed by atoms with van der Waals surface area (Å²) < 4.78 is 30.8. The third kappa shape index (κ3) is 5.91. The van der Waals surface area contributed by atoms with Gasteiger partial charge in [0.05, 0.1) is 36.8 Å². The van der Waals surface area contributed by atoms with Crippen LogP contribution in [0.2, 0.25) is 0 Å². The minimum Gasteiger partial charge on any atom is -0.395 e. The zero-order chi connectivity index (χ0) is 25.8. The largest absolute Gasteiger partial charge is 0.395 e. The van der Waals surface area contributed by atoms with Crippen LogP contribution in [0.15, 0.2) is 30.3 Å². The molecule has 0 spiro atoms. The second-order valence-electron chi connectivity index (χ2n) is 9.34. The van der Waals surface area contributed by atoms with E-state index >= 15 is 0 Å². The van der Waals surface area contributed by atoms with E-state index < -0.39 is 25.9 Å². The van der Waals surface area contributed by atoms with Crippen LogP contribution in [0.1, 0.15) is 40.3 Å². The Hall–Kier alpha value is -2.76. The summed E-state index contributed by atoms with van der Waals surface area (Å²) in [5, 5.41) is 13.5. The highest BCUT2D eigenvalue weighted by Crippen LogP contribution is 2.35. The molecule has 10 nitrogen and oxygen atoms in total. The number of hydrogen-bond donors (Lipinski definition) is 3. The van der Waals surface area contributed by atoms with Gasteiger partial charge in [-0.2, -0.15) is 0 Å².